The van der Waals surface area contributed by atoms with Gasteiger partial charge in [0, 0.05) is 17.7 Å². The lowest BCUT2D eigenvalue weighted by Gasteiger charge is -2.26. The first-order valence-electron chi connectivity index (χ1n) is 9.95. The average molecular weight is 461 g/mol. The average Bonchev–Trinajstić information content (AvgIpc) is 2.81. The minimum Gasteiger partial charge on any atom is -0.488 e. The molecule has 0 unspecified atom stereocenters. The Hall–Kier alpha value is -4.86. The Morgan fingerprint density at radius 2 is 1.76 bits per heavy atom. The highest BCUT2D eigenvalue weighted by Gasteiger charge is 2.37. The first-order valence-corrected chi connectivity index (χ1v) is 9.95. The van der Waals surface area contributed by atoms with Crippen LogP contribution < -0.4 is 15.0 Å². The van der Waals surface area contributed by atoms with E-state index in [0.717, 1.165) is 6.07 Å². The molecule has 34 heavy (non-hydrogen) atoms. The molecule has 0 saturated carbocycles. The maximum Gasteiger partial charge on any atom is 0.335 e. The second kappa shape index (κ2) is 9.33. The second-order valence-electron chi connectivity index (χ2n) is 7.19. The zero-order chi connectivity index (χ0) is 24.2. The molecule has 1 aliphatic rings. The summed E-state index contributed by atoms with van der Waals surface area (Å²) in [7, 11) is 0. The van der Waals surface area contributed by atoms with Crippen molar-refractivity contribution in [2.75, 3.05) is 4.90 Å². The van der Waals surface area contributed by atoms with Crippen molar-refractivity contribution in [1.29, 1.82) is 0 Å². The fraction of sp³-hybridized carbons (Fsp3) is 0.0417. The van der Waals surface area contributed by atoms with E-state index >= 15 is 0 Å². The van der Waals surface area contributed by atoms with Gasteiger partial charge >= 0.3 is 6.03 Å². The number of amides is 4. The number of ether oxygens (including phenoxy) is 1. The van der Waals surface area contributed by atoms with E-state index in [1.54, 1.807) is 36.4 Å². The number of carbonyl (C=O) groups excluding carboxylic acids is 3. The number of nitro benzene ring substituents is 1. The van der Waals surface area contributed by atoms with Crippen LogP contribution in [0.1, 0.15) is 11.1 Å². The van der Waals surface area contributed by atoms with Crippen molar-refractivity contribution in [2.24, 2.45) is 0 Å². The van der Waals surface area contributed by atoms with Crippen LogP contribution in [0.4, 0.5) is 20.6 Å². The van der Waals surface area contributed by atoms with Gasteiger partial charge in [-0.1, -0.05) is 36.4 Å². The van der Waals surface area contributed by atoms with Crippen molar-refractivity contribution in [2.45, 2.75) is 6.61 Å². The highest BCUT2D eigenvalue weighted by molar-refractivity contribution is 6.39. The van der Waals surface area contributed by atoms with Gasteiger partial charge in [0.1, 0.15) is 23.7 Å². The molecule has 1 aliphatic heterocycles. The van der Waals surface area contributed by atoms with Crippen molar-refractivity contribution in [3.8, 4) is 5.75 Å². The van der Waals surface area contributed by atoms with Crippen LogP contribution in [-0.4, -0.2) is 22.8 Å². The van der Waals surface area contributed by atoms with Gasteiger partial charge < -0.3 is 4.74 Å². The predicted octanol–water partition coefficient (Wildman–Crippen LogP) is 3.98. The lowest BCUT2D eigenvalue weighted by molar-refractivity contribution is -0.384. The van der Waals surface area contributed by atoms with E-state index in [4.69, 9.17) is 4.74 Å². The van der Waals surface area contributed by atoms with E-state index in [1.165, 1.54) is 36.4 Å². The van der Waals surface area contributed by atoms with Gasteiger partial charge in [0.25, 0.3) is 17.5 Å². The molecule has 3 aromatic rings. The normalized spacial score (nSPS) is 14.8. The first kappa shape index (κ1) is 22.3. The maximum absolute atomic E-state index is 13.4. The van der Waals surface area contributed by atoms with Gasteiger partial charge in [0.05, 0.1) is 10.6 Å². The summed E-state index contributed by atoms with van der Waals surface area (Å²) < 4.78 is 19.2. The SMILES string of the molecule is O=C1NC(=O)N(c2cccc([N+](=O)[O-])c2)C(=O)C1=Cc1ccccc1OCc1cccc(F)c1. The number of hydrogen-bond donors (Lipinski definition) is 1. The molecule has 170 valence electrons. The number of rotatable bonds is 6. The molecule has 4 rings (SSSR count). The van der Waals surface area contributed by atoms with Gasteiger partial charge in [-0.05, 0) is 35.9 Å². The van der Waals surface area contributed by atoms with Crippen molar-refractivity contribution in [1.82, 2.24) is 5.32 Å². The maximum atomic E-state index is 13.4. The van der Waals surface area contributed by atoms with Gasteiger partial charge in [-0.25, -0.2) is 14.1 Å². The van der Waals surface area contributed by atoms with Crippen LogP contribution in [0.5, 0.6) is 5.75 Å². The second-order valence-corrected chi connectivity index (χ2v) is 7.19. The number of nitrogens with zero attached hydrogens (tertiary/aromatic N) is 2. The summed E-state index contributed by atoms with van der Waals surface area (Å²) in [5, 5.41) is 13.1. The molecular formula is C24H16FN3O6. The molecule has 0 spiro atoms. The molecular weight excluding hydrogens is 445 g/mol. The fourth-order valence-electron chi connectivity index (χ4n) is 3.31. The number of para-hydroxylation sites is 1. The van der Waals surface area contributed by atoms with Gasteiger partial charge in [-0.2, -0.15) is 0 Å². The topological polar surface area (TPSA) is 119 Å². The van der Waals surface area contributed by atoms with Gasteiger partial charge in [-0.3, -0.25) is 25.0 Å². The van der Waals surface area contributed by atoms with E-state index in [0.29, 0.717) is 21.8 Å². The zero-order valence-corrected chi connectivity index (χ0v) is 17.4. The third-order valence-electron chi connectivity index (χ3n) is 4.90. The molecule has 1 fully saturated rings. The van der Waals surface area contributed by atoms with Gasteiger partial charge in [0.2, 0.25) is 0 Å². The van der Waals surface area contributed by atoms with Crippen molar-refractivity contribution in [3.05, 3.63) is 105 Å². The summed E-state index contributed by atoms with van der Waals surface area (Å²) in [6, 6.07) is 16.3. The number of barbiturate groups is 1. The molecule has 1 N–H and O–H groups in total. The summed E-state index contributed by atoms with van der Waals surface area (Å²) in [5.74, 6) is -1.96. The number of hydrogen-bond acceptors (Lipinski definition) is 6. The molecule has 4 amide bonds. The van der Waals surface area contributed by atoms with Crippen LogP contribution in [0, 0.1) is 15.9 Å². The van der Waals surface area contributed by atoms with Crippen LogP contribution in [0.25, 0.3) is 6.08 Å². The smallest absolute Gasteiger partial charge is 0.335 e. The third kappa shape index (κ3) is 4.65. The number of non-ortho nitro benzene ring substituents is 1. The summed E-state index contributed by atoms with van der Waals surface area (Å²) >= 11 is 0. The zero-order valence-electron chi connectivity index (χ0n) is 17.4. The number of nitro groups is 1. The first-order chi connectivity index (χ1) is 16.3. The quantitative estimate of drug-likeness (QED) is 0.257. The highest BCUT2D eigenvalue weighted by atomic mass is 19.1. The fourth-order valence-corrected chi connectivity index (χ4v) is 3.31. The molecule has 0 aliphatic carbocycles. The Morgan fingerprint density at radius 3 is 2.53 bits per heavy atom. The number of urea groups is 1. The largest absolute Gasteiger partial charge is 0.488 e. The highest BCUT2D eigenvalue weighted by Crippen LogP contribution is 2.27. The minimum atomic E-state index is -1.02. The predicted molar refractivity (Wildman–Crippen MR) is 119 cm³/mol. The number of halogens is 1. The van der Waals surface area contributed by atoms with Crippen LogP contribution in [-0.2, 0) is 16.2 Å². The molecule has 0 atom stereocenters. The van der Waals surface area contributed by atoms with Gasteiger partial charge in [0.15, 0.2) is 0 Å². The third-order valence-corrected chi connectivity index (χ3v) is 4.90. The Balaban J connectivity index is 1.65. The number of carbonyl (C=O) groups is 3. The number of nitrogens with one attached hydrogen (secondary N) is 1. The lowest BCUT2D eigenvalue weighted by atomic mass is 10.1. The molecule has 10 heteroatoms. The van der Waals surface area contributed by atoms with Gasteiger partial charge in [-0.15, -0.1) is 0 Å². The van der Waals surface area contributed by atoms with Crippen molar-refractivity contribution < 1.29 is 28.4 Å². The number of benzene rings is 3. The Morgan fingerprint density at radius 1 is 1.00 bits per heavy atom. The molecule has 3 aromatic carbocycles. The molecule has 1 saturated heterocycles. The number of imide groups is 2. The number of anilines is 1. The summed E-state index contributed by atoms with van der Waals surface area (Å²) in [6.07, 6.45) is 1.26. The molecule has 1 heterocycles. The Labute approximate surface area is 192 Å². The van der Waals surface area contributed by atoms with E-state index in [2.05, 4.69) is 5.32 Å². The Kier molecular flexibility index (Phi) is 6.13. The summed E-state index contributed by atoms with van der Waals surface area (Å²) in [5.41, 5.74) is 0.192. The molecule has 0 aromatic heterocycles. The monoisotopic (exact) mass is 461 g/mol. The Bertz CT molecular complexity index is 1350. The summed E-state index contributed by atoms with van der Waals surface area (Å²) in [4.78, 5) is 49.0. The van der Waals surface area contributed by atoms with E-state index < -0.39 is 28.6 Å². The minimum absolute atomic E-state index is 0.0381. The van der Waals surface area contributed by atoms with E-state index in [9.17, 15) is 28.9 Å². The molecule has 0 radical (unpaired) electrons. The lowest BCUT2D eigenvalue weighted by Crippen LogP contribution is -2.54. The van der Waals surface area contributed by atoms with Crippen molar-refractivity contribution >= 4 is 35.3 Å². The van der Waals surface area contributed by atoms with Crippen LogP contribution in [0.2, 0.25) is 0 Å². The summed E-state index contributed by atoms with van der Waals surface area (Å²) in [6.45, 7) is 0.0381. The van der Waals surface area contributed by atoms with Crippen molar-refractivity contribution in [3.63, 3.8) is 0 Å². The molecule has 9 nitrogen and oxygen atoms in total. The van der Waals surface area contributed by atoms with Crippen LogP contribution in [0.15, 0.2) is 78.4 Å². The molecule has 0 bridgehead atoms. The standard InChI is InChI=1S/C24H16FN3O6/c25-17-7-3-5-15(11-17)14-34-21-10-2-1-6-16(21)12-20-22(29)26-24(31)27(23(20)30)18-8-4-9-19(13-18)28(32)33/h1-13H,14H2,(H,26,29,31). The van der Waals surface area contributed by atoms with E-state index in [-0.39, 0.29) is 23.6 Å². The van der Waals surface area contributed by atoms with Crippen LogP contribution in [0.3, 0.4) is 0 Å². The van der Waals surface area contributed by atoms with Crippen LogP contribution >= 0.6 is 0 Å². The van der Waals surface area contributed by atoms with E-state index in [1.807, 2.05) is 0 Å².